The molecule has 3 aromatic carbocycles. The molecule has 34 heavy (non-hydrogen) atoms. The summed E-state index contributed by atoms with van der Waals surface area (Å²) in [7, 11) is 1.78. The Morgan fingerprint density at radius 2 is 1.65 bits per heavy atom. The molecule has 0 saturated carbocycles. The van der Waals surface area contributed by atoms with Crippen LogP contribution in [0.2, 0.25) is 5.02 Å². The number of piperidine rings is 1. The van der Waals surface area contributed by atoms with Crippen molar-refractivity contribution in [2.24, 2.45) is 0 Å². The third kappa shape index (κ3) is 6.86. The van der Waals surface area contributed by atoms with E-state index >= 15 is 0 Å². The minimum Gasteiger partial charge on any atom is -0.325 e. The van der Waals surface area contributed by atoms with Gasteiger partial charge in [-0.25, -0.2) is 0 Å². The third-order valence-corrected chi connectivity index (χ3v) is 7.57. The van der Waals surface area contributed by atoms with Crippen LogP contribution in [0.25, 0.3) is 0 Å². The molecule has 0 aromatic heterocycles. The van der Waals surface area contributed by atoms with Crippen LogP contribution < -0.4 is 10.6 Å². The number of nitrogens with zero attached hydrogens (tertiary/aromatic N) is 1. The van der Waals surface area contributed by atoms with E-state index in [0.29, 0.717) is 12.5 Å². The fourth-order valence-corrected chi connectivity index (χ4v) is 5.43. The van der Waals surface area contributed by atoms with Crippen LogP contribution in [-0.4, -0.2) is 37.5 Å². The van der Waals surface area contributed by atoms with Gasteiger partial charge in [0.1, 0.15) is 0 Å². The first-order chi connectivity index (χ1) is 16.5. The highest BCUT2D eigenvalue weighted by atomic mass is 35.5. The Labute approximate surface area is 212 Å². The highest BCUT2D eigenvalue weighted by Gasteiger charge is 2.22. The van der Waals surface area contributed by atoms with Crippen molar-refractivity contribution in [3.8, 4) is 0 Å². The molecular weight excluding hydrogens is 462 g/mol. The summed E-state index contributed by atoms with van der Waals surface area (Å²) in [6.45, 7) is 5.65. The summed E-state index contributed by atoms with van der Waals surface area (Å²) in [6, 6.07) is 23.2. The topological polar surface area (TPSA) is 44.4 Å². The van der Waals surface area contributed by atoms with Gasteiger partial charge in [0.2, 0.25) is 5.91 Å². The van der Waals surface area contributed by atoms with E-state index in [1.165, 1.54) is 26.5 Å². The predicted molar refractivity (Wildman–Crippen MR) is 143 cm³/mol. The van der Waals surface area contributed by atoms with E-state index in [9.17, 15) is 4.79 Å². The van der Waals surface area contributed by atoms with Gasteiger partial charge in [0.05, 0.1) is 6.54 Å². The number of benzene rings is 3. The fourth-order valence-electron chi connectivity index (χ4n) is 4.49. The van der Waals surface area contributed by atoms with Gasteiger partial charge < -0.3 is 10.6 Å². The third-order valence-electron chi connectivity index (χ3n) is 6.31. The summed E-state index contributed by atoms with van der Waals surface area (Å²) in [5.74, 6) is 0.528. The molecule has 1 aliphatic rings. The molecular formula is C28H32ClN3OS. The van der Waals surface area contributed by atoms with E-state index in [4.69, 9.17) is 11.6 Å². The highest BCUT2D eigenvalue weighted by Crippen LogP contribution is 2.33. The first-order valence-electron chi connectivity index (χ1n) is 11.8. The minimum absolute atomic E-state index is 0.00953. The Morgan fingerprint density at radius 1 is 1.00 bits per heavy atom. The van der Waals surface area contributed by atoms with Crippen LogP contribution in [0, 0.1) is 6.92 Å². The van der Waals surface area contributed by atoms with Crippen LogP contribution in [0.15, 0.2) is 76.5 Å². The van der Waals surface area contributed by atoms with Crippen molar-refractivity contribution >= 4 is 35.0 Å². The quantitative estimate of drug-likeness (QED) is 0.384. The van der Waals surface area contributed by atoms with Crippen LogP contribution in [0.4, 0.5) is 5.69 Å². The molecule has 178 valence electrons. The summed E-state index contributed by atoms with van der Waals surface area (Å²) < 4.78 is 0. The van der Waals surface area contributed by atoms with Gasteiger partial charge in [0.15, 0.2) is 0 Å². The Kier molecular flexibility index (Phi) is 8.68. The summed E-state index contributed by atoms with van der Waals surface area (Å²) in [5, 5.41) is 6.65. The number of carbonyl (C=O) groups excluding carboxylic acids is 1. The number of carbonyl (C=O) groups is 1. The fraction of sp³-hybridized carbons (Fsp3) is 0.321. The van der Waals surface area contributed by atoms with E-state index in [1.54, 1.807) is 18.8 Å². The number of rotatable bonds is 8. The van der Waals surface area contributed by atoms with Crippen molar-refractivity contribution in [2.75, 3.05) is 32.0 Å². The summed E-state index contributed by atoms with van der Waals surface area (Å²) >= 11 is 7.74. The molecule has 1 saturated heterocycles. The Bertz CT molecular complexity index is 1090. The van der Waals surface area contributed by atoms with E-state index in [1.807, 2.05) is 18.2 Å². The van der Waals surface area contributed by atoms with E-state index in [0.717, 1.165) is 43.2 Å². The molecule has 0 unspecified atom stereocenters. The van der Waals surface area contributed by atoms with Gasteiger partial charge in [-0.15, -0.1) is 0 Å². The van der Waals surface area contributed by atoms with Gasteiger partial charge in [0.25, 0.3) is 0 Å². The maximum Gasteiger partial charge on any atom is 0.238 e. The van der Waals surface area contributed by atoms with Gasteiger partial charge in [0, 0.05) is 27.0 Å². The molecule has 1 heterocycles. The summed E-state index contributed by atoms with van der Waals surface area (Å²) in [6.07, 6.45) is 2.28. The second kappa shape index (κ2) is 11.9. The van der Waals surface area contributed by atoms with Crippen molar-refractivity contribution in [1.82, 2.24) is 10.2 Å². The number of anilines is 1. The number of nitrogens with one attached hydrogen (secondary N) is 2. The largest absolute Gasteiger partial charge is 0.325 e. The molecule has 0 aliphatic carbocycles. The molecule has 1 aliphatic heterocycles. The number of hydrogen-bond donors (Lipinski definition) is 2. The molecule has 4 rings (SSSR count). The SMILES string of the molecule is CNCC(=O)Nc1ccc(C)c(C2CCN(Cc3ccc(Sc4ccc(Cl)cc4)cc3)CC2)c1. The predicted octanol–water partition coefficient (Wildman–Crippen LogP) is 6.34. The van der Waals surface area contributed by atoms with Crippen molar-refractivity contribution in [3.63, 3.8) is 0 Å². The van der Waals surface area contributed by atoms with E-state index in [2.05, 4.69) is 71.0 Å². The number of likely N-dealkylation sites (N-methyl/N-ethyl adjacent to an activating group) is 1. The maximum absolute atomic E-state index is 11.9. The Hall–Kier alpha value is -2.31. The lowest BCUT2D eigenvalue weighted by Gasteiger charge is -2.33. The lowest BCUT2D eigenvalue weighted by atomic mass is 9.86. The van der Waals surface area contributed by atoms with Crippen molar-refractivity contribution in [3.05, 3.63) is 88.4 Å². The zero-order chi connectivity index (χ0) is 23.9. The van der Waals surface area contributed by atoms with Crippen LogP contribution in [-0.2, 0) is 11.3 Å². The standard InChI is InChI=1S/C28H32ClN3OS/c1-20-3-8-24(31-28(33)18-30-2)17-27(20)22-13-15-32(16-14-22)19-21-4-9-25(10-5-21)34-26-11-6-23(29)7-12-26/h3-12,17,22,30H,13-16,18-19H2,1-2H3,(H,31,33). The molecule has 6 heteroatoms. The molecule has 0 radical (unpaired) electrons. The van der Waals surface area contributed by atoms with Gasteiger partial charge in [-0.1, -0.05) is 41.6 Å². The smallest absolute Gasteiger partial charge is 0.238 e. The number of likely N-dealkylation sites (tertiary alicyclic amines) is 1. The molecule has 0 spiro atoms. The molecule has 1 fully saturated rings. The van der Waals surface area contributed by atoms with Crippen molar-refractivity contribution in [1.29, 1.82) is 0 Å². The average Bonchev–Trinajstić information content (AvgIpc) is 2.84. The lowest BCUT2D eigenvalue weighted by Crippen LogP contribution is -2.32. The first kappa shape index (κ1) is 24.8. The van der Waals surface area contributed by atoms with Crippen LogP contribution >= 0.6 is 23.4 Å². The highest BCUT2D eigenvalue weighted by molar-refractivity contribution is 7.99. The van der Waals surface area contributed by atoms with Crippen LogP contribution in [0.1, 0.15) is 35.4 Å². The zero-order valence-corrected chi connectivity index (χ0v) is 21.4. The molecule has 1 amide bonds. The second-order valence-electron chi connectivity index (χ2n) is 8.90. The van der Waals surface area contributed by atoms with Crippen molar-refractivity contribution < 1.29 is 4.79 Å². The zero-order valence-electron chi connectivity index (χ0n) is 19.8. The van der Waals surface area contributed by atoms with Crippen molar-refractivity contribution in [2.45, 2.75) is 42.0 Å². The number of amides is 1. The summed E-state index contributed by atoms with van der Waals surface area (Å²) in [5.41, 5.74) is 4.91. The maximum atomic E-state index is 11.9. The van der Waals surface area contributed by atoms with E-state index in [-0.39, 0.29) is 5.91 Å². The Morgan fingerprint density at radius 3 is 2.29 bits per heavy atom. The van der Waals surface area contributed by atoms with Gasteiger partial charge in [-0.3, -0.25) is 9.69 Å². The van der Waals surface area contributed by atoms with E-state index < -0.39 is 0 Å². The molecule has 2 N–H and O–H groups in total. The molecule has 3 aromatic rings. The monoisotopic (exact) mass is 493 g/mol. The summed E-state index contributed by atoms with van der Waals surface area (Å²) in [4.78, 5) is 16.9. The van der Waals surface area contributed by atoms with Crippen LogP contribution in [0.3, 0.4) is 0 Å². The first-order valence-corrected chi connectivity index (χ1v) is 13.0. The van der Waals surface area contributed by atoms with Gasteiger partial charge in [-0.05, 0) is 111 Å². The molecule has 0 bridgehead atoms. The lowest BCUT2D eigenvalue weighted by molar-refractivity contribution is -0.115. The number of halogens is 1. The number of aryl methyl sites for hydroxylation is 1. The number of hydrogen-bond acceptors (Lipinski definition) is 4. The average molecular weight is 494 g/mol. The molecule has 0 atom stereocenters. The van der Waals surface area contributed by atoms with Gasteiger partial charge >= 0.3 is 0 Å². The normalized spacial score (nSPS) is 14.8. The van der Waals surface area contributed by atoms with Gasteiger partial charge in [-0.2, -0.15) is 0 Å². The Balaban J connectivity index is 1.30. The minimum atomic E-state index is -0.00953. The second-order valence-corrected chi connectivity index (χ2v) is 10.5. The van der Waals surface area contributed by atoms with Crippen LogP contribution in [0.5, 0.6) is 0 Å². The molecule has 4 nitrogen and oxygen atoms in total.